The monoisotopic (exact) mass is 315 g/mol. The Hall–Kier alpha value is -1.44. The lowest BCUT2D eigenvalue weighted by atomic mass is 9.87. The van der Waals surface area contributed by atoms with Gasteiger partial charge in [0.2, 0.25) is 5.91 Å². The van der Waals surface area contributed by atoms with E-state index in [9.17, 15) is 14.7 Å². The molecule has 0 aliphatic rings. The lowest BCUT2D eigenvalue weighted by Crippen LogP contribution is -2.46. The summed E-state index contributed by atoms with van der Waals surface area (Å²) in [6, 6.07) is 3.74. The molecule has 0 bridgehead atoms. The second-order valence-electron chi connectivity index (χ2n) is 5.33. The molecule has 0 spiro atoms. The molecule has 1 heterocycles. The summed E-state index contributed by atoms with van der Waals surface area (Å²) in [7, 11) is 0. The average Bonchev–Trinajstić information content (AvgIpc) is 2.97. The van der Waals surface area contributed by atoms with Crippen LogP contribution in [-0.2, 0) is 20.9 Å². The molecule has 7 heteroatoms. The van der Waals surface area contributed by atoms with Gasteiger partial charge in [0.05, 0.1) is 13.0 Å². The number of esters is 1. The summed E-state index contributed by atoms with van der Waals surface area (Å²) in [4.78, 5) is 24.1. The number of aliphatic hydroxyl groups is 2. The molecule has 1 unspecified atom stereocenters. The molecular weight excluding hydrogens is 294 g/mol. The van der Waals surface area contributed by atoms with Crippen LogP contribution in [0.15, 0.2) is 17.5 Å². The molecule has 0 fully saturated rings. The van der Waals surface area contributed by atoms with E-state index in [2.05, 4.69) is 5.32 Å². The van der Waals surface area contributed by atoms with E-state index < -0.39 is 23.4 Å². The fourth-order valence-corrected chi connectivity index (χ4v) is 2.06. The Labute approximate surface area is 127 Å². The first kappa shape index (κ1) is 17.6. The fourth-order valence-electron chi connectivity index (χ4n) is 1.44. The van der Waals surface area contributed by atoms with Crippen LogP contribution in [-0.4, -0.2) is 41.3 Å². The fraction of sp³-hybridized carbons (Fsp3) is 0.571. The first-order chi connectivity index (χ1) is 9.86. The Kier molecular flexibility index (Phi) is 6.80. The van der Waals surface area contributed by atoms with E-state index in [1.165, 1.54) is 11.3 Å². The normalized spacial score (nSPS) is 12.8. The molecule has 1 rings (SSSR count). The predicted octanol–water partition coefficient (Wildman–Crippen LogP) is 0.677. The number of carbonyl (C=O) groups excluding carboxylic acids is 2. The van der Waals surface area contributed by atoms with Crippen molar-refractivity contribution in [1.29, 1.82) is 0 Å². The van der Waals surface area contributed by atoms with Gasteiger partial charge in [0.25, 0.3) is 0 Å². The second-order valence-corrected chi connectivity index (χ2v) is 6.36. The molecular formula is C14H21NO5S. The van der Waals surface area contributed by atoms with Crippen LogP contribution < -0.4 is 5.32 Å². The zero-order valence-electron chi connectivity index (χ0n) is 12.2. The number of thiophene rings is 1. The standard InChI is InChI=1S/C14H21NO5S/c1-14(2,9-16)12(18)13(19)15-6-5-11(17)20-8-10-4-3-7-21-10/h3-4,7,12,16,18H,5-6,8-9H2,1-2H3,(H,15,19). The van der Waals surface area contributed by atoms with Crippen molar-refractivity contribution in [2.45, 2.75) is 33.0 Å². The van der Waals surface area contributed by atoms with Gasteiger partial charge in [0.1, 0.15) is 12.7 Å². The molecule has 0 aromatic carbocycles. The molecule has 0 aliphatic heterocycles. The Morgan fingerprint density at radius 1 is 1.48 bits per heavy atom. The van der Waals surface area contributed by atoms with Crippen LogP contribution in [0, 0.1) is 5.41 Å². The van der Waals surface area contributed by atoms with Crippen LogP contribution in [0.5, 0.6) is 0 Å². The summed E-state index contributed by atoms with van der Waals surface area (Å²) in [5, 5.41) is 23.2. The van der Waals surface area contributed by atoms with Crippen molar-refractivity contribution in [3.05, 3.63) is 22.4 Å². The van der Waals surface area contributed by atoms with Gasteiger partial charge < -0.3 is 20.3 Å². The molecule has 1 amide bonds. The molecule has 0 aliphatic carbocycles. The van der Waals surface area contributed by atoms with E-state index >= 15 is 0 Å². The second kappa shape index (κ2) is 8.11. The lowest BCUT2D eigenvalue weighted by Gasteiger charge is -2.27. The summed E-state index contributed by atoms with van der Waals surface area (Å²) in [6.07, 6.45) is -1.30. The van der Waals surface area contributed by atoms with Gasteiger partial charge in [-0.15, -0.1) is 11.3 Å². The maximum atomic E-state index is 11.7. The van der Waals surface area contributed by atoms with Crippen LogP contribution in [0.2, 0.25) is 0 Å². The number of carbonyl (C=O) groups is 2. The number of hydrogen-bond acceptors (Lipinski definition) is 6. The van der Waals surface area contributed by atoms with E-state index in [0.29, 0.717) is 0 Å². The zero-order valence-corrected chi connectivity index (χ0v) is 13.0. The Morgan fingerprint density at radius 3 is 2.76 bits per heavy atom. The van der Waals surface area contributed by atoms with Gasteiger partial charge in [-0.3, -0.25) is 9.59 Å². The Morgan fingerprint density at radius 2 is 2.19 bits per heavy atom. The van der Waals surface area contributed by atoms with Gasteiger partial charge in [-0.05, 0) is 11.4 Å². The molecule has 21 heavy (non-hydrogen) atoms. The quantitative estimate of drug-likeness (QED) is 0.613. The van der Waals surface area contributed by atoms with Crippen LogP contribution >= 0.6 is 11.3 Å². The highest BCUT2D eigenvalue weighted by atomic mass is 32.1. The smallest absolute Gasteiger partial charge is 0.307 e. The average molecular weight is 315 g/mol. The third-order valence-corrected chi connectivity index (χ3v) is 3.83. The van der Waals surface area contributed by atoms with Crippen molar-refractivity contribution in [3.8, 4) is 0 Å². The van der Waals surface area contributed by atoms with Crippen LogP contribution in [0.3, 0.4) is 0 Å². The number of amides is 1. The summed E-state index contributed by atoms with van der Waals surface area (Å²) in [5.41, 5.74) is -0.927. The largest absolute Gasteiger partial charge is 0.460 e. The summed E-state index contributed by atoms with van der Waals surface area (Å²) >= 11 is 1.50. The van der Waals surface area contributed by atoms with Crippen LogP contribution in [0.4, 0.5) is 0 Å². The van der Waals surface area contributed by atoms with Gasteiger partial charge in [-0.2, -0.15) is 0 Å². The maximum Gasteiger partial charge on any atom is 0.307 e. The van der Waals surface area contributed by atoms with E-state index in [-0.39, 0.29) is 26.2 Å². The predicted molar refractivity (Wildman–Crippen MR) is 78.6 cm³/mol. The van der Waals surface area contributed by atoms with Crippen molar-refractivity contribution < 1.29 is 24.5 Å². The maximum absolute atomic E-state index is 11.7. The summed E-state index contributed by atoms with van der Waals surface area (Å²) < 4.78 is 5.03. The minimum atomic E-state index is -1.33. The first-order valence-electron chi connectivity index (χ1n) is 6.61. The number of rotatable bonds is 8. The topological polar surface area (TPSA) is 95.9 Å². The summed E-state index contributed by atoms with van der Waals surface area (Å²) in [6.45, 7) is 3.15. The molecule has 1 aromatic rings. The SMILES string of the molecule is CC(C)(CO)C(O)C(=O)NCCC(=O)OCc1cccs1. The number of hydrogen-bond donors (Lipinski definition) is 3. The van der Waals surface area contributed by atoms with Crippen molar-refractivity contribution in [3.63, 3.8) is 0 Å². The molecule has 118 valence electrons. The number of ether oxygens (including phenoxy) is 1. The minimum Gasteiger partial charge on any atom is -0.460 e. The van der Waals surface area contributed by atoms with Gasteiger partial charge in [0, 0.05) is 16.8 Å². The van der Waals surface area contributed by atoms with E-state index in [1.807, 2.05) is 17.5 Å². The molecule has 0 radical (unpaired) electrons. The zero-order chi connectivity index (χ0) is 15.9. The minimum absolute atomic E-state index is 0.0311. The molecule has 0 saturated carbocycles. The van der Waals surface area contributed by atoms with Crippen molar-refractivity contribution >= 4 is 23.2 Å². The van der Waals surface area contributed by atoms with Gasteiger partial charge in [0.15, 0.2) is 0 Å². The van der Waals surface area contributed by atoms with E-state index in [0.717, 1.165) is 4.88 Å². The van der Waals surface area contributed by atoms with Crippen molar-refractivity contribution in [1.82, 2.24) is 5.32 Å². The van der Waals surface area contributed by atoms with Crippen LogP contribution in [0.25, 0.3) is 0 Å². The number of nitrogens with one attached hydrogen (secondary N) is 1. The molecule has 1 atom stereocenters. The van der Waals surface area contributed by atoms with E-state index in [4.69, 9.17) is 9.84 Å². The first-order valence-corrected chi connectivity index (χ1v) is 7.49. The Balaban J connectivity index is 2.23. The van der Waals surface area contributed by atoms with Gasteiger partial charge in [-0.1, -0.05) is 19.9 Å². The highest BCUT2D eigenvalue weighted by molar-refractivity contribution is 7.09. The van der Waals surface area contributed by atoms with Crippen molar-refractivity contribution in [2.75, 3.05) is 13.2 Å². The van der Waals surface area contributed by atoms with Gasteiger partial charge in [-0.25, -0.2) is 0 Å². The molecule has 0 saturated heterocycles. The third kappa shape index (κ3) is 5.82. The number of aliphatic hydroxyl groups excluding tert-OH is 2. The van der Waals surface area contributed by atoms with Gasteiger partial charge >= 0.3 is 5.97 Å². The molecule has 1 aromatic heterocycles. The van der Waals surface area contributed by atoms with E-state index in [1.54, 1.807) is 13.8 Å². The Bertz CT molecular complexity index is 458. The highest BCUT2D eigenvalue weighted by Gasteiger charge is 2.32. The summed E-state index contributed by atoms with van der Waals surface area (Å²) in [5.74, 6) is -1.03. The molecule has 6 nitrogen and oxygen atoms in total. The van der Waals surface area contributed by atoms with Crippen LogP contribution in [0.1, 0.15) is 25.1 Å². The lowest BCUT2D eigenvalue weighted by molar-refractivity contribution is -0.145. The highest BCUT2D eigenvalue weighted by Crippen LogP contribution is 2.19. The van der Waals surface area contributed by atoms with Crippen molar-refractivity contribution in [2.24, 2.45) is 5.41 Å². The molecule has 3 N–H and O–H groups in total. The third-order valence-electron chi connectivity index (χ3n) is 2.98.